The lowest BCUT2D eigenvalue weighted by Crippen LogP contribution is -2.35. The van der Waals surface area contributed by atoms with E-state index in [0.717, 1.165) is 13.2 Å². The zero-order chi connectivity index (χ0) is 10.4. The predicted octanol–water partition coefficient (Wildman–Crippen LogP) is 1.24. The van der Waals surface area contributed by atoms with E-state index in [1.807, 2.05) is 31.3 Å². The highest BCUT2D eigenvalue weighted by molar-refractivity contribution is 8.04. The average molecular weight is 213 g/mol. The summed E-state index contributed by atoms with van der Waals surface area (Å²) >= 11 is 1.25. The van der Waals surface area contributed by atoms with Gasteiger partial charge in [0.05, 0.1) is 6.61 Å². The molecule has 14 heavy (non-hydrogen) atoms. The molecule has 1 rings (SSSR count). The number of thiocyanates is 1. The summed E-state index contributed by atoms with van der Waals surface area (Å²) in [6, 6.07) is 0. The second kappa shape index (κ2) is 5.78. The highest BCUT2D eigenvalue weighted by Gasteiger charge is 2.23. The zero-order valence-corrected chi connectivity index (χ0v) is 9.33. The van der Waals surface area contributed by atoms with Gasteiger partial charge in [0.1, 0.15) is 5.40 Å². The van der Waals surface area contributed by atoms with E-state index in [9.17, 15) is 0 Å². The van der Waals surface area contributed by atoms with Gasteiger partial charge in [0.2, 0.25) is 0 Å². The first kappa shape index (κ1) is 11.2. The third-order valence-electron chi connectivity index (χ3n) is 1.98. The number of hydrogen-bond donors (Lipinski definition) is 0. The Morgan fingerprint density at radius 1 is 1.57 bits per heavy atom. The van der Waals surface area contributed by atoms with Crippen molar-refractivity contribution in [2.75, 3.05) is 26.8 Å². The maximum absolute atomic E-state index is 8.63. The summed E-state index contributed by atoms with van der Waals surface area (Å²) in [7, 11) is 1.96. The maximum Gasteiger partial charge on any atom is 0.163 e. The van der Waals surface area contributed by atoms with Crippen molar-refractivity contribution in [2.45, 2.75) is 12.4 Å². The van der Waals surface area contributed by atoms with Gasteiger partial charge in [0, 0.05) is 44.4 Å². The van der Waals surface area contributed by atoms with Crippen molar-refractivity contribution in [2.24, 2.45) is 0 Å². The third kappa shape index (κ3) is 2.82. The van der Waals surface area contributed by atoms with Gasteiger partial charge in [-0.3, -0.25) is 0 Å². The minimum Gasteiger partial charge on any atom is -0.380 e. The molecule has 0 aliphatic carbocycles. The molecule has 1 aliphatic rings. The second-order valence-electron chi connectivity index (χ2n) is 2.93. The summed E-state index contributed by atoms with van der Waals surface area (Å²) in [5.74, 6) is 0. The van der Waals surface area contributed by atoms with Crippen LogP contribution in [0.15, 0.2) is 12.4 Å². The second-order valence-corrected chi connectivity index (χ2v) is 3.77. The van der Waals surface area contributed by atoms with Crippen LogP contribution < -0.4 is 0 Å². The molecule has 0 spiro atoms. The number of nitrogens with zero attached hydrogens (tertiary/aromatic N) is 3. The molecule has 0 aromatic heterocycles. The molecular weight excluding hydrogens is 198 g/mol. The van der Waals surface area contributed by atoms with Crippen molar-refractivity contribution >= 4 is 11.8 Å². The highest BCUT2D eigenvalue weighted by atomic mass is 32.2. The van der Waals surface area contributed by atoms with Crippen LogP contribution in [0.4, 0.5) is 0 Å². The van der Waals surface area contributed by atoms with Crippen LogP contribution in [-0.2, 0) is 4.74 Å². The first-order valence-corrected chi connectivity index (χ1v) is 5.46. The van der Waals surface area contributed by atoms with Gasteiger partial charge < -0.3 is 14.5 Å². The molecule has 0 fully saturated rings. The molecule has 1 aliphatic heterocycles. The molecule has 1 atom stereocenters. The van der Waals surface area contributed by atoms with Crippen molar-refractivity contribution in [1.29, 1.82) is 5.26 Å². The third-order valence-corrected chi connectivity index (χ3v) is 2.90. The Kier molecular flexibility index (Phi) is 4.63. The molecule has 1 heterocycles. The number of thioether (sulfide) groups is 1. The lowest BCUT2D eigenvalue weighted by atomic mass is 10.6. The standard InChI is InChI=1S/C9H15N3OS/c1-3-13-7-6-12-5-4-11(2)9(12)14-8-10/h4-5,9H,3,6-7H2,1-2H3. The summed E-state index contributed by atoms with van der Waals surface area (Å²) in [4.78, 5) is 4.11. The van der Waals surface area contributed by atoms with Crippen LogP contribution in [0.25, 0.3) is 0 Å². The predicted molar refractivity (Wildman–Crippen MR) is 57.1 cm³/mol. The van der Waals surface area contributed by atoms with E-state index in [1.54, 1.807) is 0 Å². The van der Waals surface area contributed by atoms with Crippen molar-refractivity contribution in [3.8, 4) is 5.40 Å². The van der Waals surface area contributed by atoms with Gasteiger partial charge in [-0.1, -0.05) is 0 Å². The number of rotatable bonds is 5. The van der Waals surface area contributed by atoms with Crippen LogP contribution in [0.5, 0.6) is 0 Å². The molecule has 0 aromatic carbocycles. The van der Waals surface area contributed by atoms with Crippen molar-refractivity contribution in [3.05, 3.63) is 12.4 Å². The van der Waals surface area contributed by atoms with Gasteiger partial charge in [-0.2, -0.15) is 5.26 Å². The number of nitriles is 1. The van der Waals surface area contributed by atoms with Gasteiger partial charge in [0.25, 0.3) is 0 Å². The minimum atomic E-state index is 0.0976. The zero-order valence-electron chi connectivity index (χ0n) is 8.51. The summed E-state index contributed by atoms with van der Waals surface area (Å²) in [6.45, 7) is 4.25. The smallest absolute Gasteiger partial charge is 0.163 e. The van der Waals surface area contributed by atoms with Gasteiger partial charge in [-0.25, -0.2) is 0 Å². The molecular formula is C9H15N3OS. The molecule has 1 unspecified atom stereocenters. The molecule has 0 amide bonds. The van der Waals surface area contributed by atoms with Crippen LogP contribution in [0, 0.1) is 10.7 Å². The summed E-state index contributed by atoms with van der Waals surface area (Å²) < 4.78 is 5.27. The van der Waals surface area contributed by atoms with Gasteiger partial charge in [-0.15, -0.1) is 0 Å². The van der Waals surface area contributed by atoms with E-state index in [2.05, 4.69) is 10.3 Å². The monoisotopic (exact) mass is 213 g/mol. The van der Waals surface area contributed by atoms with E-state index in [4.69, 9.17) is 10.00 Å². The van der Waals surface area contributed by atoms with Crippen molar-refractivity contribution < 1.29 is 4.74 Å². The van der Waals surface area contributed by atoms with E-state index in [0.29, 0.717) is 6.61 Å². The van der Waals surface area contributed by atoms with E-state index in [1.165, 1.54) is 11.8 Å². The topological polar surface area (TPSA) is 39.5 Å². The SMILES string of the molecule is CCOCCN1C=CN(C)C1SC#N. The average Bonchev–Trinajstić information content (AvgIpc) is 2.51. The molecule has 0 radical (unpaired) electrons. The van der Waals surface area contributed by atoms with E-state index < -0.39 is 0 Å². The van der Waals surface area contributed by atoms with Gasteiger partial charge in [-0.05, 0) is 6.92 Å². The molecule has 0 bridgehead atoms. The van der Waals surface area contributed by atoms with Crippen LogP contribution in [0.3, 0.4) is 0 Å². The molecule has 5 heteroatoms. The normalized spacial score (nSPS) is 20.2. The van der Waals surface area contributed by atoms with Crippen LogP contribution in [0.1, 0.15) is 6.92 Å². The Morgan fingerprint density at radius 2 is 2.36 bits per heavy atom. The van der Waals surface area contributed by atoms with E-state index in [-0.39, 0.29) is 5.50 Å². The van der Waals surface area contributed by atoms with Crippen LogP contribution in [0.2, 0.25) is 0 Å². The minimum absolute atomic E-state index is 0.0976. The highest BCUT2D eigenvalue weighted by Crippen LogP contribution is 2.23. The largest absolute Gasteiger partial charge is 0.380 e. The van der Waals surface area contributed by atoms with Gasteiger partial charge >= 0.3 is 0 Å². The quantitative estimate of drug-likeness (QED) is 0.507. The molecule has 0 N–H and O–H groups in total. The van der Waals surface area contributed by atoms with Crippen LogP contribution >= 0.6 is 11.8 Å². The summed E-state index contributed by atoms with van der Waals surface area (Å²) in [5.41, 5.74) is 0.0976. The van der Waals surface area contributed by atoms with Crippen molar-refractivity contribution in [1.82, 2.24) is 9.80 Å². The Bertz CT molecular complexity index is 239. The first-order valence-electron chi connectivity index (χ1n) is 4.58. The Labute approximate surface area is 89.1 Å². The fourth-order valence-corrected chi connectivity index (χ4v) is 1.91. The Balaban J connectivity index is 2.36. The van der Waals surface area contributed by atoms with Crippen molar-refractivity contribution in [3.63, 3.8) is 0 Å². The molecule has 0 saturated heterocycles. The molecule has 0 saturated carbocycles. The summed E-state index contributed by atoms with van der Waals surface area (Å²) in [5, 5.41) is 10.7. The van der Waals surface area contributed by atoms with Crippen LogP contribution in [-0.4, -0.2) is 42.1 Å². The lowest BCUT2D eigenvalue weighted by molar-refractivity contribution is 0.118. The Morgan fingerprint density at radius 3 is 3.00 bits per heavy atom. The van der Waals surface area contributed by atoms with Gasteiger partial charge in [0.15, 0.2) is 5.50 Å². The number of ether oxygens (including phenoxy) is 1. The first-order chi connectivity index (χ1) is 6.79. The summed E-state index contributed by atoms with van der Waals surface area (Å²) in [6.07, 6.45) is 3.97. The lowest BCUT2D eigenvalue weighted by Gasteiger charge is -2.27. The van der Waals surface area contributed by atoms with E-state index >= 15 is 0 Å². The Hall–Kier alpha value is -0.860. The number of hydrogen-bond acceptors (Lipinski definition) is 5. The maximum atomic E-state index is 8.63. The molecule has 0 aromatic rings. The fourth-order valence-electron chi connectivity index (χ4n) is 1.27. The molecule has 4 nitrogen and oxygen atoms in total. The fraction of sp³-hybridized carbons (Fsp3) is 0.667. The molecule has 78 valence electrons.